The molecule has 0 aliphatic rings. The zero-order valence-electron chi connectivity index (χ0n) is 11.2. The number of rotatable bonds is 5. The van der Waals surface area contributed by atoms with Crippen LogP contribution in [0.25, 0.3) is 0 Å². The van der Waals surface area contributed by atoms with Gasteiger partial charge in [0.2, 0.25) is 10.0 Å². The van der Waals surface area contributed by atoms with Gasteiger partial charge in [0.25, 0.3) is 5.91 Å². The molecule has 0 saturated heterocycles. The summed E-state index contributed by atoms with van der Waals surface area (Å²) >= 11 is 5.75. The summed E-state index contributed by atoms with van der Waals surface area (Å²) in [6.07, 6.45) is 0.717. The lowest BCUT2D eigenvalue weighted by Gasteiger charge is -2.21. The van der Waals surface area contributed by atoms with Crippen LogP contribution in [0.5, 0.6) is 0 Å². The lowest BCUT2D eigenvalue weighted by atomic mass is 10.2. The van der Waals surface area contributed by atoms with Crippen molar-refractivity contribution in [2.24, 2.45) is 5.14 Å². The molecule has 1 rings (SSSR count). The number of carbonyl (C=O) groups excluding carboxylic acids is 1. The minimum atomic E-state index is -4.11. The first-order valence-corrected chi connectivity index (χ1v) is 7.95. The highest BCUT2D eigenvalue weighted by Gasteiger charge is 2.22. The van der Waals surface area contributed by atoms with Crippen LogP contribution in [0.1, 0.15) is 30.6 Å². The smallest absolute Gasteiger partial charge is 0.255 e. The third kappa shape index (κ3) is 3.68. The Labute approximate surface area is 122 Å². The number of nitrogens with zero attached hydrogens (tertiary/aromatic N) is 1. The van der Waals surface area contributed by atoms with E-state index in [4.69, 9.17) is 16.7 Å². The van der Waals surface area contributed by atoms with Crippen molar-refractivity contribution in [3.8, 4) is 0 Å². The molecule has 0 unspecified atom stereocenters. The van der Waals surface area contributed by atoms with E-state index in [9.17, 15) is 17.6 Å². The molecule has 2 N–H and O–H groups in total. The Morgan fingerprint density at radius 2 is 2.00 bits per heavy atom. The van der Waals surface area contributed by atoms with E-state index in [1.165, 1.54) is 4.90 Å². The van der Waals surface area contributed by atoms with Crippen molar-refractivity contribution >= 4 is 27.5 Å². The first-order valence-electron chi connectivity index (χ1n) is 6.03. The zero-order chi connectivity index (χ0) is 15.5. The molecule has 0 spiro atoms. The molecule has 8 heteroatoms. The Bertz CT molecular complexity index is 619. The minimum absolute atomic E-state index is 0.203. The Balaban J connectivity index is 3.37. The molecule has 20 heavy (non-hydrogen) atoms. The van der Waals surface area contributed by atoms with E-state index in [0.29, 0.717) is 25.6 Å². The molecule has 0 saturated carbocycles. The second kappa shape index (κ2) is 6.51. The molecule has 1 aromatic carbocycles. The summed E-state index contributed by atoms with van der Waals surface area (Å²) < 4.78 is 36.2. The van der Waals surface area contributed by atoms with Gasteiger partial charge in [-0.25, -0.2) is 17.9 Å². The van der Waals surface area contributed by atoms with Gasteiger partial charge in [-0.3, -0.25) is 4.79 Å². The number of nitrogens with two attached hydrogens (primary N) is 1. The number of halogens is 2. The van der Waals surface area contributed by atoms with Crippen molar-refractivity contribution in [1.82, 2.24) is 4.90 Å². The number of amides is 1. The average Bonchev–Trinajstić information content (AvgIpc) is 2.37. The molecule has 0 aliphatic carbocycles. The summed E-state index contributed by atoms with van der Waals surface area (Å²) in [4.78, 5) is 13.2. The molecule has 1 amide bonds. The lowest BCUT2D eigenvalue weighted by Crippen LogP contribution is -2.32. The summed E-state index contributed by atoms with van der Waals surface area (Å²) in [6.45, 7) is 4.53. The van der Waals surface area contributed by atoms with E-state index in [0.717, 1.165) is 6.07 Å². The summed E-state index contributed by atoms with van der Waals surface area (Å²) in [5.74, 6) is -1.52. The highest BCUT2D eigenvalue weighted by atomic mass is 35.5. The summed E-state index contributed by atoms with van der Waals surface area (Å²) in [5.41, 5.74) is -0.203. The van der Waals surface area contributed by atoms with Crippen LogP contribution in [0.4, 0.5) is 4.39 Å². The van der Waals surface area contributed by atoms with Gasteiger partial charge in [-0.1, -0.05) is 18.5 Å². The van der Waals surface area contributed by atoms with Gasteiger partial charge in [-0.05, 0) is 25.5 Å². The molecule has 0 atom stereocenters. The molecule has 0 aromatic heterocycles. The zero-order valence-corrected chi connectivity index (χ0v) is 12.8. The number of carbonyl (C=O) groups is 1. The maximum absolute atomic E-state index is 13.7. The van der Waals surface area contributed by atoms with Crippen molar-refractivity contribution in [2.45, 2.75) is 25.2 Å². The van der Waals surface area contributed by atoms with Crippen LogP contribution in [0.2, 0.25) is 5.02 Å². The summed E-state index contributed by atoms with van der Waals surface area (Å²) in [5, 5.41) is 4.54. The number of hydrogen-bond donors (Lipinski definition) is 1. The molecular weight excluding hydrogens is 307 g/mol. The Kier molecular flexibility index (Phi) is 5.50. The third-order valence-corrected chi connectivity index (χ3v) is 4.00. The van der Waals surface area contributed by atoms with E-state index < -0.39 is 31.7 Å². The van der Waals surface area contributed by atoms with E-state index in [1.807, 2.05) is 6.92 Å². The van der Waals surface area contributed by atoms with Crippen LogP contribution in [0, 0.1) is 5.82 Å². The third-order valence-electron chi connectivity index (χ3n) is 2.72. The van der Waals surface area contributed by atoms with Crippen LogP contribution in [0.3, 0.4) is 0 Å². The van der Waals surface area contributed by atoms with Crippen LogP contribution in [-0.4, -0.2) is 32.3 Å². The predicted octanol–water partition coefficient (Wildman–Crippen LogP) is 2.00. The van der Waals surface area contributed by atoms with Crippen molar-refractivity contribution in [3.63, 3.8) is 0 Å². The van der Waals surface area contributed by atoms with Crippen molar-refractivity contribution in [3.05, 3.63) is 28.5 Å². The first-order chi connectivity index (χ1) is 9.22. The van der Waals surface area contributed by atoms with Crippen LogP contribution >= 0.6 is 11.6 Å². The Morgan fingerprint density at radius 1 is 1.40 bits per heavy atom. The van der Waals surface area contributed by atoms with Gasteiger partial charge in [-0.2, -0.15) is 0 Å². The van der Waals surface area contributed by atoms with E-state index in [2.05, 4.69) is 0 Å². The van der Waals surface area contributed by atoms with Crippen LogP contribution in [0.15, 0.2) is 17.0 Å². The van der Waals surface area contributed by atoms with Crippen LogP contribution < -0.4 is 5.14 Å². The predicted molar refractivity (Wildman–Crippen MR) is 74.7 cm³/mol. The molecule has 5 nitrogen and oxygen atoms in total. The summed E-state index contributed by atoms with van der Waals surface area (Å²) in [6, 6.07) is 1.70. The van der Waals surface area contributed by atoms with E-state index in [1.54, 1.807) is 6.92 Å². The molecule has 0 heterocycles. The Hall–Kier alpha value is -1.18. The van der Waals surface area contributed by atoms with Gasteiger partial charge >= 0.3 is 0 Å². The highest BCUT2D eigenvalue weighted by Crippen LogP contribution is 2.25. The molecule has 0 bridgehead atoms. The maximum Gasteiger partial charge on any atom is 0.255 e. The number of sulfonamides is 1. The molecule has 112 valence electrons. The standard InChI is InChI=1S/C12H16ClFN2O3S/c1-3-5-16(4-2)12(17)9-6-8(20(15,18)19)7-10(14)11(9)13/h6-7H,3-5H2,1-2H3,(H2,15,18,19). The summed E-state index contributed by atoms with van der Waals surface area (Å²) in [7, 11) is -4.11. The molecule has 1 aromatic rings. The van der Waals surface area contributed by atoms with Gasteiger partial charge in [0.05, 0.1) is 15.5 Å². The SMILES string of the molecule is CCCN(CC)C(=O)c1cc(S(N)(=O)=O)cc(F)c1Cl. The first kappa shape index (κ1) is 16.9. The number of primary sulfonamides is 1. The number of benzene rings is 1. The topological polar surface area (TPSA) is 80.5 Å². The fourth-order valence-corrected chi connectivity index (χ4v) is 2.47. The molecule has 0 radical (unpaired) electrons. The van der Waals surface area contributed by atoms with E-state index in [-0.39, 0.29) is 5.56 Å². The molecule has 0 fully saturated rings. The fraction of sp³-hybridized carbons (Fsp3) is 0.417. The lowest BCUT2D eigenvalue weighted by molar-refractivity contribution is 0.0764. The minimum Gasteiger partial charge on any atom is -0.339 e. The van der Waals surface area contributed by atoms with Gasteiger partial charge in [0, 0.05) is 13.1 Å². The Morgan fingerprint density at radius 3 is 2.45 bits per heavy atom. The fourth-order valence-electron chi connectivity index (χ4n) is 1.73. The molecule has 0 aliphatic heterocycles. The number of hydrogen-bond acceptors (Lipinski definition) is 3. The normalized spacial score (nSPS) is 11.4. The van der Waals surface area contributed by atoms with Gasteiger partial charge in [-0.15, -0.1) is 0 Å². The second-order valence-electron chi connectivity index (χ2n) is 4.20. The van der Waals surface area contributed by atoms with Gasteiger partial charge in [0.1, 0.15) is 5.82 Å². The van der Waals surface area contributed by atoms with Crippen molar-refractivity contribution in [2.75, 3.05) is 13.1 Å². The maximum atomic E-state index is 13.7. The van der Waals surface area contributed by atoms with Gasteiger partial charge in [0.15, 0.2) is 0 Å². The second-order valence-corrected chi connectivity index (χ2v) is 6.14. The van der Waals surface area contributed by atoms with Gasteiger partial charge < -0.3 is 4.90 Å². The van der Waals surface area contributed by atoms with Crippen molar-refractivity contribution in [1.29, 1.82) is 0 Å². The van der Waals surface area contributed by atoms with E-state index >= 15 is 0 Å². The monoisotopic (exact) mass is 322 g/mol. The average molecular weight is 323 g/mol. The van der Waals surface area contributed by atoms with Crippen molar-refractivity contribution < 1.29 is 17.6 Å². The quantitative estimate of drug-likeness (QED) is 0.900. The molecular formula is C12H16ClFN2O3S. The highest BCUT2D eigenvalue weighted by molar-refractivity contribution is 7.89. The largest absolute Gasteiger partial charge is 0.339 e. The van der Waals surface area contributed by atoms with Crippen LogP contribution in [-0.2, 0) is 10.0 Å².